The Morgan fingerprint density at radius 2 is 2.00 bits per heavy atom. The lowest BCUT2D eigenvalue weighted by atomic mass is 9.89. The normalized spacial score (nSPS) is 12.6. The number of aromatic nitrogens is 4. The van der Waals surface area contributed by atoms with Crippen molar-refractivity contribution in [1.82, 2.24) is 19.7 Å². The SMILES string of the molecule is CCCn1nc2c(c1C(N)=O)CCc1cnc(-c3cnc4ccccc4c3)cc1-2. The zero-order chi connectivity index (χ0) is 20.0. The molecule has 3 heterocycles. The average Bonchev–Trinajstić information content (AvgIpc) is 3.12. The number of pyridine rings is 2. The van der Waals surface area contributed by atoms with Gasteiger partial charge in [-0.3, -0.25) is 19.4 Å². The first-order valence-corrected chi connectivity index (χ1v) is 9.89. The zero-order valence-electron chi connectivity index (χ0n) is 16.2. The number of rotatable bonds is 4. The molecule has 0 aliphatic heterocycles. The van der Waals surface area contributed by atoms with Gasteiger partial charge in [0, 0.05) is 41.0 Å². The van der Waals surface area contributed by atoms with E-state index in [-0.39, 0.29) is 0 Å². The molecule has 6 heteroatoms. The maximum Gasteiger partial charge on any atom is 0.267 e. The van der Waals surface area contributed by atoms with Crippen LogP contribution in [0.1, 0.15) is 35.0 Å². The smallest absolute Gasteiger partial charge is 0.267 e. The van der Waals surface area contributed by atoms with Gasteiger partial charge in [-0.05, 0) is 43.0 Å². The van der Waals surface area contributed by atoms with Crippen LogP contribution in [0.3, 0.4) is 0 Å². The highest BCUT2D eigenvalue weighted by Gasteiger charge is 2.27. The van der Waals surface area contributed by atoms with Crippen LogP contribution in [-0.4, -0.2) is 25.7 Å². The van der Waals surface area contributed by atoms with E-state index in [0.29, 0.717) is 12.2 Å². The van der Waals surface area contributed by atoms with Crippen molar-refractivity contribution >= 4 is 16.8 Å². The maximum atomic E-state index is 12.1. The first-order valence-electron chi connectivity index (χ1n) is 9.89. The number of aryl methyl sites for hydroxylation is 2. The number of nitrogens with two attached hydrogens (primary N) is 1. The van der Waals surface area contributed by atoms with Crippen LogP contribution in [0.2, 0.25) is 0 Å². The summed E-state index contributed by atoms with van der Waals surface area (Å²) in [4.78, 5) is 21.3. The molecule has 1 aliphatic rings. The Kier molecular flexibility index (Phi) is 4.12. The molecule has 144 valence electrons. The van der Waals surface area contributed by atoms with Crippen molar-refractivity contribution in [1.29, 1.82) is 0 Å². The van der Waals surface area contributed by atoms with Crippen molar-refractivity contribution in [2.24, 2.45) is 5.73 Å². The molecular weight excluding hydrogens is 362 g/mol. The van der Waals surface area contributed by atoms with Gasteiger partial charge in [-0.15, -0.1) is 0 Å². The zero-order valence-corrected chi connectivity index (χ0v) is 16.2. The average molecular weight is 383 g/mol. The number of nitrogens with zero attached hydrogens (tertiary/aromatic N) is 4. The molecule has 0 bridgehead atoms. The minimum Gasteiger partial charge on any atom is -0.364 e. The van der Waals surface area contributed by atoms with Gasteiger partial charge >= 0.3 is 0 Å². The third-order valence-corrected chi connectivity index (χ3v) is 5.49. The van der Waals surface area contributed by atoms with Crippen LogP contribution in [0.4, 0.5) is 0 Å². The standard InChI is InChI=1S/C23H21N5O/c1-2-9-28-22(23(24)29)17-8-7-15-12-26-20(11-18(15)21(17)27-28)16-10-14-5-3-4-6-19(14)25-13-16/h3-6,10-13H,2,7-9H2,1H3,(H2,24,29). The molecule has 0 saturated carbocycles. The van der Waals surface area contributed by atoms with Crippen LogP contribution >= 0.6 is 0 Å². The Labute approximate surface area is 168 Å². The number of amides is 1. The van der Waals surface area contributed by atoms with Crippen molar-refractivity contribution in [2.75, 3.05) is 0 Å². The quantitative estimate of drug-likeness (QED) is 0.581. The summed E-state index contributed by atoms with van der Waals surface area (Å²) in [6.45, 7) is 2.74. The van der Waals surface area contributed by atoms with Gasteiger partial charge in [-0.2, -0.15) is 5.10 Å². The van der Waals surface area contributed by atoms with Gasteiger partial charge in [-0.25, -0.2) is 0 Å². The van der Waals surface area contributed by atoms with Crippen LogP contribution in [0.15, 0.2) is 48.8 Å². The van der Waals surface area contributed by atoms with Gasteiger partial charge in [0.25, 0.3) is 5.91 Å². The number of hydrogen-bond donors (Lipinski definition) is 1. The Morgan fingerprint density at radius 3 is 2.83 bits per heavy atom. The molecule has 1 aliphatic carbocycles. The van der Waals surface area contributed by atoms with E-state index in [1.165, 1.54) is 0 Å². The van der Waals surface area contributed by atoms with Crippen LogP contribution < -0.4 is 5.73 Å². The highest BCUT2D eigenvalue weighted by molar-refractivity contribution is 5.95. The molecule has 29 heavy (non-hydrogen) atoms. The van der Waals surface area contributed by atoms with Gasteiger partial charge in [0.15, 0.2) is 0 Å². The monoisotopic (exact) mass is 383 g/mol. The lowest BCUT2D eigenvalue weighted by Crippen LogP contribution is -2.20. The number of hydrogen-bond acceptors (Lipinski definition) is 4. The molecule has 5 rings (SSSR count). The predicted octanol–water partition coefficient (Wildman–Crippen LogP) is 3.77. The van der Waals surface area contributed by atoms with E-state index in [1.54, 1.807) is 4.68 Å². The van der Waals surface area contributed by atoms with E-state index in [1.807, 2.05) is 36.7 Å². The summed E-state index contributed by atoms with van der Waals surface area (Å²) < 4.78 is 1.76. The summed E-state index contributed by atoms with van der Waals surface area (Å²) in [5, 5.41) is 5.84. The summed E-state index contributed by atoms with van der Waals surface area (Å²) >= 11 is 0. The van der Waals surface area contributed by atoms with Crippen molar-refractivity contribution < 1.29 is 4.79 Å². The molecule has 1 amide bonds. The number of fused-ring (bicyclic) bond motifs is 4. The van der Waals surface area contributed by atoms with E-state index in [9.17, 15) is 4.79 Å². The van der Waals surface area contributed by atoms with Gasteiger partial charge in [0.05, 0.1) is 16.9 Å². The third-order valence-electron chi connectivity index (χ3n) is 5.49. The molecule has 0 fully saturated rings. The fourth-order valence-corrected chi connectivity index (χ4v) is 4.13. The lowest BCUT2D eigenvalue weighted by Gasteiger charge is -2.16. The van der Waals surface area contributed by atoms with E-state index in [2.05, 4.69) is 29.0 Å². The largest absolute Gasteiger partial charge is 0.364 e. The lowest BCUT2D eigenvalue weighted by molar-refractivity contribution is 0.0989. The molecule has 1 aromatic carbocycles. The van der Waals surface area contributed by atoms with E-state index in [0.717, 1.165) is 63.8 Å². The number of benzene rings is 1. The molecule has 0 atom stereocenters. The van der Waals surface area contributed by atoms with Crippen molar-refractivity contribution in [3.05, 3.63) is 65.6 Å². The molecule has 3 aromatic heterocycles. The van der Waals surface area contributed by atoms with Crippen molar-refractivity contribution in [2.45, 2.75) is 32.7 Å². The Morgan fingerprint density at radius 1 is 1.14 bits per heavy atom. The molecule has 0 spiro atoms. The number of carbonyl (C=O) groups is 1. The topological polar surface area (TPSA) is 86.7 Å². The number of carbonyl (C=O) groups excluding carboxylic acids is 1. The second-order valence-electron chi connectivity index (χ2n) is 7.41. The maximum absolute atomic E-state index is 12.1. The fraction of sp³-hybridized carbons (Fsp3) is 0.217. The summed E-state index contributed by atoms with van der Waals surface area (Å²) in [5.74, 6) is -0.413. The van der Waals surface area contributed by atoms with Crippen LogP contribution in [0.25, 0.3) is 33.4 Å². The number of primary amides is 1. The van der Waals surface area contributed by atoms with Gasteiger partial charge in [0.2, 0.25) is 0 Å². The summed E-state index contributed by atoms with van der Waals surface area (Å²) in [5.41, 5.74) is 13.0. The Balaban J connectivity index is 1.65. The van der Waals surface area contributed by atoms with E-state index in [4.69, 9.17) is 10.8 Å². The van der Waals surface area contributed by atoms with Gasteiger partial charge in [0.1, 0.15) is 5.69 Å². The highest BCUT2D eigenvalue weighted by Crippen LogP contribution is 2.36. The molecular formula is C23H21N5O. The highest BCUT2D eigenvalue weighted by atomic mass is 16.1. The van der Waals surface area contributed by atoms with Gasteiger partial charge in [-0.1, -0.05) is 25.1 Å². The minimum atomic E-state index is -0.413. The third kappa shape index (κ3) is 2.88. The Bertz CT molecular complexity index is 1260. The van der Waals surface area contributed by atoms with Crippen molar-refractivity contribution in [3.63, 3.8) is 0 Å². The first-order chi connectivity index (χ1) is 14.2. The molecule has 6 nitrogen and oxygen atoms in total. The van der Waals surface area contributed by atoms with Crippen LogP contribution in [-0.2, 0) is 19.4 Å². The van der Waals surface area contributed by atoms with Gasteiger partial charge < -0.3 is 5.73 Å². The van der Waals surface area contributed by atoms with E-state index >= 15 is 0 Å². The second-order valence-corrected chi connectivity index (χ2v) is 7.41. The summed E-state index contributed by atoms with van der Waals surface area (Å²) in [7, 11) is 0. The van der Waals surface area contributed by atoms with Crippen LogP contribution in [0, 0.1) is 0 Å². The second kappa shape index (κ2) is 6.81. The Hall–Kier alpha value is -3.54. The number of para-hydroxylation sites is 1. The molecule has 0 radical (unpaired) electrons. The molecule has 2 N–H and O–H groups in total. The molecule has 0 saturated heterocycles. The molecule has 4 aromatic rings. The fourth-order valence-electron chi connectivity index (χ4n) is 4.13. The molecule has 0 unspecified atom stereocenters. The minimum absolute atomic E-state index is 0.413. The summed E-state index contributed by atoms with van der Waals surface area (Å²) in [6.07, 6.45) is 6.24. The summed E-state index contributed by atoms with van der Waals surface area (Å²) in [6, 6.07) is 12.2. The predicted molar refractivity (Wildman–Crippen MR) is 112 cm³/mol. The first kappa shape index (κ1) is 17.6. The van der Waals surface area contributed by atoms with Crippen LogP contribution in [0.5, 0.6) is 0 Å². The van der Waals surface area contributed by atoms with Crippen molar-refractivity contribution in [3.8, 4) is 22.5 Å². The van der Waals surface area contributed by atoms with E-state index < -0.39 is 5.91 Å².